The zero-order valence-corrected chi connectivity index (χ0v) is 19.0. The Labute approximate surface area is 197 Å². The first-order valence-corrected chi connectivity index (χ1v) is 11.2. The maximum Gasteiger partial charge on any atom is 0.338 e. The number of fused-ring (bicyclic) bond motifs is 2. The van der Waals surface area contributed by atoms with Crippen LogP contribution in [-0.2, 0) is 16.1 Å². The van der Waals surface area contributed by atoms with Crippen molar-refractivity contribution in [2.45, 2.75) is 26.6 Å². The number of amides is 1. The van der Waals surface area contributed by atoms with Gasteiger partial charge in [0.05, 0.1) is 35.4 Å². The normalized spacial score (nSPS) is 16.9. The number of carbonyl (C=O) groups excluding carboxylic acids is 2. The third-order valence-corrected chi connectivity index (χ3v) is 6.72. The number of nitrogens with zero attached hydrogens (tertiary/aromatic N) is 4. The zero-order valence-electron chi connectivity index (χ0n) is 19.0. The fourth-order valence-corrected chi connectivity index (χ4v) is 4.73. The number of aliphatic hydroxyl groups excluding tert-OH is 1. The van der Waals surface area contributed by atoms with E-state index in [1.54, 1.807) is 23.1 Å². The number of nitriles is 1. The molecule has 172 valence electrons. The van der Waals surface area contributed by atoms with Crippen molar-refractivity contribution in [1.29, 1.82) is 5.26 Å². The molecule has 8 nitrogen and oxygen atoms in total. The summed E-state index contributed by atoms with van der Waals surface area (Å²) < 4.78 is 5.10. The summed E-state index contributed by atoms with van der Waals surface area (Å²) in [4.78, 5) is 33.0. The van der Waals surface area contributed by atoms with Crippen LogP contribution in [0.15, 0.2) is 36.4 Å². The number of carbonyl (C=O) groups is 2. The van der Waals surface area contributed by atoms with E-state index in [0.29, 0.717) is 36.6 Å². The lowest BCUT2D eigenvalue weighted by Crippen LogP contribution is -2.51. The molecule has 3 aromatic rings. The summed E-state index contributed by atoms with van der Waals surface area (Å²) in [6, 6.07) is 13.0. The molecule has 2 aliphatic heterocycles. The molecule has 1 aromatic heterocycles. The number of ether oxygens (including phenoxy) is 1. The minimum atomic E-state index is -0.781. The van der Waals surface area contributed by atoms with Gasteiger partial charge in [0, 0.05) is 30.6 Å². The molecule has 1 saturated heterocycles. The van der Waals surface area contributed by atoms with Crippen molar-refractivity contribution in [1.82, 2.24) is 9.88 Å². The van der Waals surface area contributed by atoms with Crippen LogP contribution in [-0.4, -0.2) is 53.0 Å². The second-order valence-electron chi connectivity index (χ2n) is 8.82. The van der Waals surface area contributed by atoms with Crippen molar-refractivity contribution < 1.29 is 19.4 Å². The quantitative estimate of drug-likeness (QED) is 0.602. The first-order chi connectivity index (χ1) is 16.4. The minimum absolute atomic E-state index is 0.0830. The summed E-state index contributed by atoms with van der Waals surface area (Å²) in [5.41, 5.74) is 5.19. The van der Waals surface area contributed by atoms with E-state index in [0.717, 1.165) is 33.2 Å². The van der Waals surface area contributed by atoms with E-state index in [1.165, 1.54) is 0 Å². The summed E-state index contributed by atoms with van der Waals surface area (Å²) >= 11 is 0. The van der Waals surface area contributed by atoms with Gasteiger partial charge in [0.1, 0.15) is 12.4 Å². The summed E-state index contributed by atoms with van der Waals surface area (Å²) in [5, 5.41) is 21.0. The lowest BCUT2D eigenvalue weighted by Gasteiger charge is -2.35. The van der Waals surface area contributed by atoms with Gasteiger partial charge in [-0.25, -0.2) is 9.78 Å². The van der Waals surface area contributed by atoms with Gasteiger partial charge >= 0.3 is 5.97 Å². The zero-order chi connectivity index (χ0) is 24.0. The lowest BCUT2D eigenvalue weighted by molar-refractivity contribution is -0.121. The molecule has 34 heavy (non-hydrogen) atoms. The fraction of sp³-hybridized carbons (Fsp3) is 0.308. The number of aliphatic hydroxyl groups is 1. The van der Waals surface area contributed by atoms with Crippen LogP contribution in [0.5, 0.6) is 0 Å². The number of benzene rings is 2. The van der Waals surface area contributed by atoms with E-state index in [2.05, 4.69) is 11.1 Å². The van der Waals surface area contributed by atoms with Gasteiger partial charge in [-0.1, -0.05) is 6.07 Å². The van der Waals surface area contributed by atoms with E-state index in [9.17, 15) is 20.0 Å². The first-order valence-electron chi connectivity index (χ1n) is 11.2. The molecular formula is C26H24N4O4. The number of hydrogen-bond acceptors (Lipinski definition) is 7. The lowest BCUT2D eigenvalue weighted by atomic mass is 9.95. The molecule has 0 aliphatic carbocycles. The molecule has 0 radical (unpaired) electrons. The molecule has 1 amide bonds. The Hall–Kier alpha value is -3.80. The summed E-state index contributed by atoms with van der Waals surface area (Å²) in [6.45, 7) is 5.54. The fourth-order valence-electron chi connectivity index (χ4n) is 4.73. The van der Waals surface area contributed by atoms with E-state index in [-0.39, 0.29) is 25.0 Å². The van der Waals surface area contributed by atoms with Gasteiger partial charge in [-0.2, -0.15) is 5.26 Å². The molecule has 0 saturated carbocycles. The van der Waals surface area contributed by atoms with Gasteiger partial charge in [0.25, 0.3) is 0 Å². The smallest absolute Gasteiger partial charge is 0.338 e. The number of anilines is 1. The number of esters is 1. The standard InChI is InChI=1S/C26H24N4O4/c1-15-9-22-17(10-18(15)11-27)3-6-24(28-22)30-8-7-29(13-25(30)32)12-23(31)19-4-5-20-21(16(19)2)14-34-26(20)33/h3-6,9-10,23,31H,7-8,12-14H2,1-2H3/t23-/m0/s1. The molecule has 5 rings (SSSR count). The predicted octanol–water partition coefficient (Wildman–Crippen LogP) is 2.78. The average Bonchev–Trinajstić information content (AvgIpc) is 3.20. The van der Waals surface area contributed by atoms with Crippen molar-refractivity contribution in [2.75, 3.05) is 31.1 Å². The van der Waals surface area contributed by atoms with Crippen molar-refractivity contribution in [2.24, 2.45) is 0 Å². The molecule has 0 spiro atoms. The van der Waals surface area contributed by atoms with Crippen LogP contribution in [0.4, 0.5) is 5.82 Å². The number of rotatable bonds is 4. The second kappa shape index (κ2) is 8.52. The molecule has 0 unspecified atom stereocenters. The Kier molecular flexibility index (Phi) is 5.52. The van der Waals surface area contributed by atoms with Gasteiger partial charge in [0.15, 0.2) is 0 Å². The third-order valence-electron chi connectivity index (χ3n) is 6.72. The number of aromatic nitrogens is 1. The van der Waals surface area contributed by atoms with E-state index < -0.39 is 6.10 Å². The van der Waals surface area contributed by atoms with Crippen LogP contribution in [0, 0.1) is 25.2 Å². The molecule has 8 heteroatoms. The largest absolute Gasteiger partial charge is 0.457 e. The van der Waals surface area contributed by atoms with Crippen molar-refractivity contribution in [3.8, 4) is 6.07 Å². The topological polar surface area (TPSA) is 107 Å². The van der Waals surface area contributed by atoms with Crippen LogP contribution >= 0.6 is 0 Å². The molecule has 0 bridgehead atoms. The molecule has 2 aromatic carbocycles. The monoisotopic (exact) mass is 456 g/mol. The third kappa shape index (κ3) is 3.79. The first kappa shape index (κ1) is 22.0. The predicted molar refractivity (Wildman–Crippen MR) is 125 cm³/mol. The van der Waals surface area contributed by atoms with E-state index in [1.807, 2.05) is 36.9 Å². The second-order valence-corrected chi connectivity index (χ2v) is 8.82. The summed E-state index contributed by atoms with van der Waals surface area (Å²) in [7, 11) is 0. The molecule has 2 aliphatic rings. The Bertz CT molecular complexity index is 1380. The van der Waals surface area contributed by atoms with Crippen molar-refractivity contribution in [3.05, 3.63) is 69.8 Å². The van der Waals surface area contributed by atoms with Gasteiger partial charge in [0.2, 0.25) is 5.91 Å². The van der Waals surface area contributed by atoms with E-state index >= 15 is 0 Å². The molecule has 1 N–H and O–H groups in total. The SMILES string of the molecule is Cc1cc2nc(N3CCN(C[C@H](O)c4ccc5c(c4C)COC5=O)CC3=O)ccc2cc1C#N. The highest BCUT2D eigenvalue weighted by atomic mass is 16.5. The maximum absolute atomic E-state index is 12.9. The Morgan fingerprint density at radius 1 is 1.18 bits per heavy atom. The maximum atomic E-state index is 12.9. The molecule has 1 atom stereocenters. The van der Waals surface area contributed by atoms with Crippen LogP contribution in [0.3, 0.4) is 0 Å². The van der Waals surface area contributed by atoms with E-state index in [4.69, 9.17) is 4.74 Å². The molecule has 3 heterocycles. The minimum Gasteiger partial charge on any atom is -0.457 e. The van der Waals surface area contributed by atoms with Crippen molar-refractivity contribution in [3.63, 3.8) is 0 Å². The van der Waals surface area contributed by atoms with Crippen LogP contribution < -0.4 is 4.90 Å². The highest BCUT2D eigenvalue weighted by Crippen LogP contribution is 2.30. The summed E-state index contributed by atoms with van der Waals surface area (Å²) in [5.74, 6) is 0.171. The number of pyridine rings is 1. The van der Waals surface area contributed by atoms with Crippen molar-refractivity contribution >= 4 is 28.6 Å². The number of aryl methyl sites for hydroxylation is 1. The van der Waals surface area contributed by atoms with Crippen LogP contribution in [0.25, 0.3) is 10.9 Å². The highest BCUT2D eigenvalue weighted by Gasteiger charge is 2.30. The number of piperazine rings is 1. The molecule has 1 fully saturated rings. The number of β-amino-alcohol motifs (C(OH)–C–C–N with tert-alkyl or cyclic N) is 1. The Balaban J connectivity index is 1.29. The van der Waals surface area contributed by atoms with Gasteiger partial charge < -0.3 is 9.84 Å². The number of cyclic esters (lactones) is 1. The van der Waals surface area contributed by atoms with Crippen LogP contribution in [0.1, 0.15) is 44.3 Å². The van der Waals surface area contributed by atoms with Gasteiger partial charge in [-0.3, -0.25) is 14.6 Å². The summed E-state index contributed by atoms with van der Waals surface area (Å²) in [6.07, 6.45) is -0.781. The van der Waals surface area contributed by atoms with Crippen LogP contribution in [0.2, 0.25) is 0 Å². The number of hydrogen-bond donors (Lipinski definition) is 1. The Morgan fingerprint density at radius 2 is 2.00 bits per heavy atom. The Morgan fingerprint density at radius 3 is 2.76 bits per heavy atom. The molecular weight excluding hydrogens is 432 g/mol. The highest BCUT2D eigenvalue weighted by molar-refractivity contribution is 5.96. The van der Waals surface area contributed by atoms with Gasteiger partial charge in [-0.05, 0) is 60.9 Å². The van der Waals surface area contributed by atoms with Gasteiger partial charge in [-0.15, -0.1) is 0 Å². The average molecular weight is 457 g/mol.